The number of anilines is 1. The molecule has 2 heterocycles. The van der Waals surface area contributed by atoms with Gasteiger partial charge in [-0.05, 0) is 24.3 Å². The number of methoxy groups -OCH3 is 1. The monoisotopic (exact) mass is 442 g/mol. The number of nitrogens with one attached hydrogen (secondary N) is 1. The van der Waals surface area contributed by atoms with Gasteiger partial charge < -0.3 is 10.1 Å². The first-order valence-corrected chi connectivity index (χ1v) is 10.7. The number of carbonyl (C=O) groups excluding carboxylic acids is 2. The lowest BCUT2D eigenvalue weighted by Gasteiger charge is -2.19. The maximum atomic E-state index is 13.7. The van der Waals surface area contributed by atoms with E-state index in [0.29, 0.717) is 33.6 Å². The van der Waals surface area contributed by atoms with E-state index in [1.54, 1.807) is 31.4 Å². The van der Waals surface area contributed by atoms with E-state index in [0.717, 1.165) is 11.8 Å². The molecule has 0 bridgehead atoms. The second kappa shape index (κ2) is 7.97. The number of amidine groups is 1. The maximum Gasteiger partial charge on any atom is 0.280 e. The van der Waals surface area contributed by atoms with Crippen molar-refractivity contribution in [2.75, 3.05) is 12.1 Å². The third kappa shape index (κ3) is 3.16. The number of rotatable bonds is 4. The lowest BCUT2D eigenvalue weighted by atomic mass is 9.95. The third-order valence-electron chi connectivity index (χ3n) is 5.17. The highest BCUT2D eigenvalue weighted by Gasteiger charge is 2.62. The third-order valence-corrected chi connectivity index (χ3v) is 6.42. The van der Waals surface area contributed by atoms with Gasteiger partial charge in [0.25, 0.3) is 11.8 Å². The van der Waals surface area contributed by atoms with E-state index in [-0.39, 0.29) is 0 Å². The van der Waals surface area contributed by atoms with E-state index in [4.69, 9.17) is 4.74 Å². The fraction of sp³-hybridized carbons (Fsp3) is 0.0833. The molecule has 8 heteroatoms. The van der Waals surface area contributed by atoms with Gasteiger partial charge in [0, 0.05) is 5.56 Å². The molecular formula is C24H18N4O3S. The Morgan fingerprint density at radius 3 is 2.31 bits per heavy atom. The van der Waals surface area contributed by atoms with Crippen LogP contribution in [0.5, 0.6) is 5.75 Å². The molecule has 3 aromatic carbocycles. The highest BCUT2D eigenvalue weighted by molar-refractivity contribution is 8.17. The largest absolute Gasteiger partial charge is 0.494 e. The van der Waals surface area contributed by atoms with Crippen LogP contribution in [-0.4, -0.2) is 34.6 Å². The first kappa shape index (κ1) is 20.0. The van der Waals surface area contributed by atoms with Crippen LogP contribution in [0, 0.1) is 0 Å². The Morgan fingerprint density at radius 2 is 1.59 bits per heavy atom. The zero-order chi connectivity index (χ0) is 22.1. The molecule has 2 aliphatic heterocycles. The van der Waals surface area contributed by atoms with Crippen molar-refractivity contribution in [3.63, 3.8) is 0 Å². The summed E-state index contributed by atoms with van der Waals surface area (Å²) in [6.45, 7) is 0. The average Bonchev–Trinajstić information content (AvgIpc) is 3.32. The van der Waals surface area contributed by atoms with Crippen molar-refractivity contribution in [1.82, 2.24) is 5.32 Å². The van der Waals surface area contributed by atoms with Crippen LogP contribution in [-0.2, 0) is 9.59 Å². The Hall–Kier alpha value is -3.91. The second-order valence-corrected chi connectivity index (χ2v) is 8.30. The first-order valence-electron chi connectivity index (χ1n) is 9.90. The number of nitrogens with zero attached hydrogens (tertiary/aromatic N) is 3. The van der Waals surface area contributed by atoms with E-state index in [9.17, 15) is 9.59 Å². The minimum atomic E-state index is -1.57. The number of hydrazone groups is 1. The van der Waals surface area contributed by atoms with Crippen molar-refractivity contribution in [3.8, 4) is 5.75 Å². The number of hydrogen-bond donors (Lipinski definition) is 1. The van der Waals surface area contributed by atoms with Gasteiger partial charge in [-0.2, -0.15) is 10.1 Å². The number of thioether (sulfide) groups is 1. The predicted molar refractivity (Wildman–Crippen MR) is 125 cm³/mol. The summed E-state index contributed by atoms with van der Waals surface area (Å²) in [5, 5.41) is 8.99. The Labute approximate surface area is 188 Å². The quantitative estimate of drug-likeness (QED) is 0.624. The normalized spacial score (nSPS) is 21.2. The lowest BCUT2D eigenvalue weighted by molar-refractivity contribution is -0.127. The molecule has 2 amide bonds. The summed E-state index contributed by atoms with van der Waals surface area (Å²) in [5.41, 5.74) is 2.21. The van der Waals surface area contributed by atoms with E-state index in [1.165, 1.54) is 5.01 Å². The molecule has 1 fully saturated rings. The number of ether oxygens (including phenoxy) is 1. The Bertz CT molecular complexity index is 1260. The summed E-state index contributed by atoms with van der Waals surface area (Å²) in [6, 6.07) is 25.5. The molecule has 0 aromatic heterocycles. The van der Waals surface area contributed by atoms with Gasteiger partial charge in [0.05, 0.1) is 12.8 Å². The number of hydrogen-bond acceptors (Lipinski definition) is 6. The summed E-state index contributed by atoms with van der Waals surface area (Å²) >= 11 is 1.06. The van der Waals surface area contributed by atoms with Crippen molar-refractivity contribution < 1.29 is 14.3 Å². The molecule has 1 saturated heterocycles. The molecule has 0 saturated carbocycles. The van der Waals surface area contributed by atoms with Crippen LogP contribution < -0.4 is 15.1 Å². The smallest absolute Gasteiger partial charge is 0.280 e. The summed E-state index contributed by atoms with van der Waals surface area (Å²) < 4.78 is 3.79. The summed E-state index contributed by atoms with van der Waals surface area (Å²) in [5.74, 6) is -0.339. The molecule has 2 aliphatic rings. The highest BCUT2D eigenvalue weighted by Crippen LogP contribution is 2.43. The molecular weight excluding hydrogens is 424 g/mol. The first-order chi connectivity index (χ1) is 15.6. The maximum absolute atomic E-state index is 13.7. The van der Waals surface area contributed by atoms with Gasteiger partial charge in [0.1, 0.15) is 17.1 Å². The fourth-order valence-electron chi connectivity index (χ4n) is 3.65. The van der Waals surface area contributed by atoms with Crippen molar-refractivity contribution in [1.29, 1.82) is 0 Å². The van der Waals surface area contributed by atoms with Gasteiger partial charge in [-0.3, -0.25) is 9.59 Å². The Balaban J connectivity index is 1.61. The molecule has 32 heavy (non-hydrogen) atoms. The van der Waals surface area contributed by atoms with Crippen LogP contribution >= 0.6 is 11.8 Å². The molecule has 1 N–H and O–H groups in total. The van der Waals surface area contributed by atoms with Crippen molar-refractivity contribution in [2.24, 2.45) is 10.1 Å². The molecule has 158 valence electrons. The van der Waals surface area contributed by atoms with Crippen LogP contribution in [0.15, 0.2) is 95.0 Å². The Kier molecular flexibility index (Phi) is 4.99. The zero-order valence-electron chi connectivity index (χ0n) is 17.1. The van der Waals surface area contributed by atoms with Crippen LogP contribution in [0.1, 0.15) is 5.56 Å². The van der Waals surface area contributed by atoms with Gasteiger partial charge >= 0.3 is 0 Å². The predicted octanol–water partition coefficient (Wildman–Crippen LogP) is 3.74. The van der Waals surface area contributed by atoms with Crippen molar-refractivity contribution >= 4 is 45.8 Å². The number of benzene rings is 3. The van der Waals surface area contributed by atoms with Crippen LogP contribution in [0.4, 0.5) is 11.4 Å². The van der Waals surface area contributed by atoms with E-state index >= 15 is 0 Å². The average molecular weight is 443 g/mol. The molecule has 5 rings (SSSR count). The molecule has 1 atom stereocenters. The number of aliphatic imine (C=N–C) groups is 1. The summed E-state index contributed by atoms with van der Waals surface area (Å²) in [4.78, 5) is 31.6. The minimum Gasteiger partial charge on any atom is -0.494 e. The summed E-state index contributed by atoms with van der Waals surface area (Å²) in [7, 11) is 1.55. The standard InChI is InChI=1S/C24H18N4O3S/c1-31-19-15-9-8-14-18(19)25-23-26-21(29)24(32-23)20(16-10-4-2-5-11-16)27-28(22(24)30)17-12-6-3-7-13-17/h2-15H,1H3,(H,25,26,29). The molecule has 0 radical (unpaired) electrons. The SMILES string of the molecule is COc1ccccc1N=C1NC(=O)C2(S1)C(=O)N(c1ccccc1)N=C2c1ccccc1. The van der Waals surface area contributed by atoms with E-state index < -0.39 is 16.6 Å². The van der Waals surface area contributed by atoms with Crippen LogP contribution in [0.25, 0.3) is 0 Å². The number of carbonyl (C=O) groups is 2. The van der Waals surface area contributed by atoms with Gasteiger partial charge in [0.15, 0.2) is 5.17 Å². The van der Waals surface area contributed by atoms with Gasteiger partial charge in [0.2, 0.25) is 4.75 Å². The zero-order valence-corrected chi connectivity index (χ0v) is 17.9. The molecule has 7 nitrogen and oxygen atoms in total. The van der Waals surface area contributed by atoms with Crippen LogP contribution in [0.3, 0.4) is 0 Å². The minimum absolute atomic E-state index is 0.311. The van der Waals surface area contributed by atoms with Crippen molar-refractivity contribution in [2.45, 2.75) is 4.75 Å². The van der Waals surface area contributed by atoms with Crippen LogP contribution in [0.2, 0.25) is 0 Å². The number of amides is 2. The lowest BCUT2D eigenvalue weighted by Crippen LogP contribution is -2.50. The summed E-state index contributed by atoms with van der Waals surface area (Å²) in [6.07, 6.45) is 0. The van der Waals surface area contributed by atoms with E-state index in [2.05, 4.69) is 15.4 Å². The fourth-order valence-corrected chi connectivity index (χ4v) is 4.80. The van der Waals surface area contributed by atoms with Gasteiger partial charge in [-0.15, -0.1) is 0 Å². The molecule has 0 aliphatic carbocycles. The molecule has 1 unspecified atom stereocenters. The molecule has 3 aromatic rings. The number of para-hydroxylation sites is 3. The topological polar surface area (TPSA) is 83.4 Å². The second-order valence-electron chi connectivity index (χ2n) is 7.09. The van der Waals surface area contributed by atoms with Gasteiger partial charge in [-0.25, -0.2) is 4.99 Å². The molecule has 1 spiro atoms. The van der Waals surface area contributed by atoms with Crippen molar-refractivity contribution in [3.05, 3.63) is 90.5 Å². The highest BCUT2D eigenvalue weighted by atomic mass is 32.2. The van der Waals surface area contributed by atoms with E-state index in [1.807, 2.05) is 60.7 Å². The Morgan fingerprint density at radius 1 is 0.938 bits per heavy atom. The van der Waals surface area contributed by atoms with Gasteiger partial charge in [-0.1, -0.05) is 72.4 Å².